The smallest absolute Gasteiger partial charge is 0.223 e. The minimum atomic E-state index is -3.18. The summed E-state index contributed by atoms with van der Waals surface area (Å²) in [6.45, 7) is 4.52. The molecule has 6 heteroatoms. The molecule has 1 N–H and O–H groups in total. The van der Waals surface area contributed by atoms with Crippen molar-refractivity contribution < 1.29 is 13.2 Å². The summed E-state index contributed by atoms with van der Waals surface area (Å²) in [4.78, 5) is 13.0. The topological polar surface area (TPSA) is 66.5 Å². The number of aryl methyl sites for hydroxylation is 1. The van der Waals surface area contributed by atoms with Gasteiger partial charge in [-0.25, -0.2) is 12.7 Å². The molecule has 0 spiro atoms. The van der Waals surface area contributed by atoms with Gasteiger partial charge in [0.1, 0.15) is 0 Å². The van der Waals surface area contributed by atoms with Crippen LogP contribution in [0.2, 0.25) is 0 Å². The molecular formula is C22H28N2O3S. The van der Waals surface area contributed by atoms with E-state index in [0.29, 0.717) is 25.9 Å². The number of nitrogens with one attached hydrogen (secondary N) is 1. The van der Waals surface area contributed by atoms with Crippen LogP contribution < -0.4 is 5.32 Å². The second-order valence-corrected chi connectivity index (χ2v) is 9.54. The Morgan fingerprint density at radius 2 is 1.68 bits per heavy atom. The summed E-state index contributed by atoms with van der Waals surface area (Å²) in [6.07, 6.45) is 1.11. The van der Waals surface area contributed by atoms with Crippen molar-refractivity contribution in [3.05, 3.63) is 71.3 Å². The minimum absolute atomic E-state index is 0.00866. The molecule has 0 aromatic heterocycles. The molecule has 0 radical (unpaired) electrons. The van der Waals surface area contributed by atoms with Crippen LogP contribution in [0.25, 0.3) is 0 Å². The third-order valence-corrected chi connectivity index (χ3v) is 7.38. The van der Waals surface area contributed by atoms with Crippen molar-refractivity contribution in [2.24, 2.45) is 5.92 Å². The van der Waals surface area contributed by atoms with E-state index in [0.717, 1.165) is 16.7 Å². The molecule has 0 saturated carbocycles. The van der Waals surface area contributed by atoms with Gasteiger partial charge in [0, 0.05) is 19.0 Å². The normalized spacial score (nSPS) is 17.2. The monoisotopic (exact) mass is 400 g/mol. The Kier molecular flexibility index (Phi) is 6.52. The van der Waals surface area contributed by atoms with Crippen LogP contribution in [0.3, 0.4) is 0 Å². The first-order valence-corrected chi connectivity index (χ1v) is 11.4. The van der Waals surface area contributed by atoms with Crippen LogP contribution in [0.15, 0.2) is 54.6 Å². The molecule has 2 aromatic carbocycles. The molecule has 1 aliphatic rings. The summed E-state index contributed by atoms with van der Waals surface area (Å²) in [5.41, 5.74) is 3.24. The molecule has 28 heavy (non-hydrogen) atoms. The second kappa shape index (κ2) is 8.88. The lowest BCUT2D eigenvalue weighted by atomic mass is 9.92. The maximum absolute atomic E-state index is 13.0. The molecule has 1 unspecified atom stereocenters. The highest BCUT2D eigenvalue weighted by Crippen LogP contribution is 2.27. The van der Waals surface area contributed by atoms with E-state index in [4.69, 9.17) is 0 Å². The van der Waals surface area contributed by atoms with Crippen molar-refractivity contribution in [2.75, 3.05) is 18.8 Å². The highest BCUT2D eigenvalue weighted by molar-refractivity contribution is 7.89. The van der Waals surface area contributed by atoms with E-state index in [1.54, 1.807) is 6.92 Å². The molecule has 2 aromatic rings. The highest BCUT2D eigenvalue weighted by Gasteiger charge is 2.31. The van der Waals surface area contributed by atoms with E-state index >= 15 is 0 Å². The lowest BCUT2D eigenvalue weighted by molar-refractivity contribution is -0.126. The van der Waals surface area contributed by atoms with Gasteiger partial charge in [0.05, 0.1) is 11.8 Å². The zero-order chi connectivity index (χ0) is 20.1. The molecule has 1 heterocycles. The van der Waals surface area contributed by atoms with E-state index in [9.17, 15) is 13.2 Å². The Bertz CT molecular complexity index is 904. The first-order valence-electron chi connectivity index (χ1n) is 9.81. The Labute approximate surface area is 167 Å². The number of carbonyl (C=O) groups excluding carboxylic acids is 1. The predicted octanol–water partition coefficient (Wildman–Crippen LogP) is 3.26. The van der Waals surface area contributed by atoms with Crippen molar-refractivity contribution in [3.8, 4) is 0 Å². The van der Waals surface area contributed by atoms with Crippen molar-refractivity contribution in [3.63, 3.8) is 0 Å². The van der Waals surface area contributed by atoms with E-state index in [2.05, 4.69) is 5.32 Å². The molecule has 150 valence electrons. The second-order valence-electron chi connectivity index (χ2n) is 7.28. The molecule has 1 amide bonds. The molecule has 0 aliphatic carbocycles. The Morgan fingerprint density at radius 1 is 1.07 bits per heavy atom. The molecule has 0 bridgehead atoms. The van der Waals surface area contributed by atoms with Crippen LogP contribution in [0, 0.1) is 12.8 Å². The van der Waals surface area contributed by atoms with Gasteiger partial charge in [0.25, 0.3) is 0 Å². The molecule has 3 rings (SSSR count). The van der Waals surface area contributed by atoms with Gasteiger partial charge in [-0.15, -0.1) is 0 Å². The van der Waals surface area contributed by atoms with Crippen LogP contribution in [-0.4, -0.2) is 37.5 Å². The third kappa shape index (κ3) is 4.62. The lowest BCUT2D eigenvalue weighted by Crippen LogP contribution is -2.44. The highest BCUT2D eigenvalue weighted by atomic mass is 32.2. The van der Waals surface area contributed by atoms with E-state index in [1.165, 1.54) is 4.31 Å². The lowest BCUT2D eigenvalue weighted by Gasteiger charge is -2.31. The maximum Gasteiger partial charge on any atom is 0.223 e. The van der Waals surface area contributed by atoms with Crippen molar-refractivity contribution in [2.45, 2.75) is 32.7 Å². The van der Waals surface area contributed by atoms with Gasteiger partial charge in [-0.3, -0.25) is 4.79 Å². The summed E-state index contributed by atoms with van der Waals surface area (Å²) in [5, 5.41) is 3.22. The number of piperidine rings is 1. The Balaban J connectivity index is 1.75. The zero-order valence-electron chi connectivity index (χ0n) is 16.5. The average Bonchev–Trinajstić information content (AvgIpc) is 2.73. The molecule has 1 atom stereocenters. The van der Waals surface area contributed by atoms with Crippen molar-refractivity contribution in [1.82, 2.24) is 9.62 Å². The van der Waals surface area contributed by atoms with Gasteiger partial charge < -0.3 is 5.32 Å². The summed E-state index contributed by atoms with van der Waals surface area (Å²) < 4.78 is 25.6. The van der Waals surface area contributed by atoms with Crippen LogP contribution in [0.5, 0.6) is 0 Å². The number of hydrogen-bond acceptors (Lipinski definition) is 3. The van der Waals surface area contributed by atoms with Gasteiger partial charge in [0.15, 0.2) is 0 Å². The summed E-state index contributed by atoms with van der Waals surface area (Å²) >= 11 is 0. The SMILES string of the molecule is CCS(=O)(=O)N1CCC(C(=O)NC(c2ccccc2)c2ccccc2C)CC1. The van der Waals surface area contributed by atoms with Gasteiger partial charge in [-0.2, -0.15) is 0 Å². The molecule has 5 nitrogen and oxygen atoms in total. The number of hydrogen-bond donors (Lipinski definition) is 1. The van der Waals surface area contributed by atoms with Crippen LogP contribution in [0.4, 0.5) is 0 Å². The Morgan fingerprint density at radius 3 is 2.29 bits per heavy atom. The van der Waals surface area contributed by atoms with Gasteiger partial charge in [0.2, 0.25) is 15.9 Å². The Hall–Kier alpha value is -2.18. The standard InChI is InChI=1S/C22H28N2O3S/c1-3-28(26,27)24-15-13-19(14-16-24)22(25)23-21(18-10-5-4-6-11-18)20-12-8-7-9-17(20)2/h4-12,19,21H,3,13-16H2,1-2H3,(H,23,25). The van der Waals surface area contributed by atoms with Gasteiger partial charge in [-0.05, 0) is 43.4 Å². The molecule has 1 aliphatic heterocycles. The fourth-order valence-electron chi connectivity index (χ4n) is 3.74. The molecule has 1 fully saturated rings. The van der Waals surface area contributed by atoms with E-state index in [1.807, 2.05) is 61.5 Å². The van der Waals surface area contributed by atoms with Crippen molar-refractivity contribution >= 4 is 15.9 Å². The molecule has 1 saturated heterocycles. The number of rotatable bonds is 6. The quantitative estimate of drug-likeness (QED) is 0.809. The fraction of sp³-hybridized carbons (Fsp3) is 0.409. The first kappa shape index (κ1) is 20.6. The zero-order valence-corrected chi connectivity index (χ0v) is 17.3. The van der Waals surface area contributed by atoms with Crippen LogP contribution >= 0.6 is 0 Å². The van der Waals surface area contributed by atoms with Gasteiger partial charge in [-0.1, -0.05) is 54.6 Å². The minimum Gasteiger partial charge on any atom is -0.345 e. The largest absolute Gasteiger partial charge is 0.345 e. The van der Waals surface area contributed by atoms with Crippen molar-refractivity contribution in [1.29, 1.82) is 0 Å². The maximum atomic E-state index is 13.0. The number of nitrogens with zero attached hydrogens (tertiary/aromatic N) is 1. The summed E-state index contributed by atoms with van der Waals surface area (Å²) in [5.74, 6) is -0.0723. The van der Waals surface area contributed by atoms with Gasteiger partial charge >= 0.3 is 0 Å². The van der Waals surface area contributed by atoms with E-state index < -0.39 is 10.0 Å². The van der Waals surface area contributed by atoms with Crippen LogP contribution in [0.1, 0.15) is 42.5 Å². The first-order chi connectivity index (χ1) is 13.4. The van der Waals surface area contributed by atoms with Crippen LogP contribution in [-0.2, 0) is 14.8 Å². The summed E-state index contributed by atoms with van der Waals surface area (Å²) in [6, 6.07) is 17.8. The average molecular weight is 401 g/mol. The third-order valence-electron chi connectivity index (χ3n) is 5.50. The number of carbonyl (C=O) groups is 1. The number of amides is 1. The summed E-state index contributed by atoms with van der Waals surface area (Å²) in [7, 11) is -3.18. The molecular weight excluding hydrogens is 372 g/mol. The number of sulfonamides is 1. The predicted molar refractivity (Wildman–Crippen MR) is 111 cm³/mol. The fourth-order valence-corrected chi connectivity index (χ4v) is 4.87. The number of benzene rings is 2. The van der Waals surface area contributed by atoms with E-state index in [-0.39, 0.29) is 23.6 Å².